The Labute approximate surface area is 210 Å². The Hall–Kier alpha value is -4.20. The SMILES string of the molecule is O=C(Cc1cn(-c2ccc(NCCCN3CCCC3=O)nn2)c2ccccc12)NCc1ccccc1. The van der Waals surface area contributed by atoms with Crippen LogP contribution in [0.3, 0.4) is 0 Å². The standard InChI is InChI=1S/C28H30N6O2/c35-27(30-19-21-8-2-1-3-9-21)18-22-20-34(24-11-5-4-10-23(22)24)26-14-13-25(31-32-26)29-15-7-17-33-16-6-12-28(33)36/h1-5,8-11,13-14,20H,6-7,12,15-19H2,(H,29,31)(H,30,35). The highest BCUT2D eigenvalue weighted by Gasteiger charge is 2.19. The second-order valence-electron chi connectivity index (χ2n) is 9.02. The summed E-state index contributed by atoms with van der Waals surface area (Å²) in [7, 11) is 0. The molecule has 2 aromatic carbocycles. The van der Waals surface area contributed by atoms with E-state index in [1.165, 1.54) is 0 Å². The summed E-state index contributed by atoms with van der Waals surface area (Å²) < 4.78 is 1.98. The van der Waals surface area contributed by atoms with Crippen LogP contribution in [0.15, 0.2) is 72.9 Å². The molecule has 0 radical (unpaired) electrons. The van der Waals surface area contributed by atoms with Crippen molar-refractivity contribution in [2.45, 2.75) is 32.2 Å². The minimum Gasteiger partial charge on any atom is -0.369 e. The summed E-state index contributed by atoms with van der Waals surface area (Å²) in [6.07, 6.45) is 4.76. The molecule has 2 N–H and O–H groups in total. The van der Waals surface area contributed by atoms with Gasteiger partial charge in [0.25, 0.3) is 0 Å². The molecule has 2 amide bonds. The largest absolute Gasteiger partial charge is 0.369 e. The van der Waals surface area contributed by atoms with Crippen LogP contribution in [0.4, 0.5) is 5.82 Å². The van der Waals surface area contributed by atoms with Crippen molar-refractivity contribution in [1.29, 1.82) is 0 Å². The summed E-state index contributed by atoms with van der Waals surface area (Å²) in [4.78, 5) is 26.3. The first-order valence-electron chi connectivity index (χ1n) is 12.4. The molecule has 0 saturated carbocycles. The van der Waals surface area contributed by atoms with Gasteiger partial charge in [0, 0.05) is 44.2 Å². The molecule has 1 fully saturated rings. The van der Waals surface area contributed by atoms with Crippen molar-refractivity contribution in [3.8, 4) is 5.82 Å². The maximum Gasteiger partial charge on any atom is 0.224 e. The van der Waals surface area contributed by atoms with Gasteiger partial charge in [-0.05, 0) is 42.2 Å². The summed E-state index contributed by atoms with van der Waals surface area (Å²) in [5.74, 6) is 1.62. The van der Waals surface area contributed by atoms with Gasteiger partial charge in [-0.2, -0.15) is 0 Å². The lowest BCUT2D eigenvalue weighted by molar-refractivity contribution is -0.127. The number of hydrogen-bond acceptors (Lipinski definition) is 5. The highest BCUT2D eigenvalue weighted by atomic mass is 16.2. The lowest BCUT2D eigenvalue weighted by Gasteiger charge is -2.15. The van der Waals surface area contributed by atoms with Crippen LogP contribution in [0, 0.1) is 0 Å². The summed E-state index contributed by atoms with van der Waals surface area (Å²) in [6.45, 7) is 2.88. The average molecular weight is 483 g/mol. The molecule has 0 aliphatic carbocycles. The number of likely N-dealkylation sites (tertiary alicyclic amines) is 1. The zero-order chi connectivity index (χ0) is 24.7. The number of anilines is 1. The van der Waals surface area contributed by atoms with Gasteiger partial charge >= 0.3 is 0 Å². The quantitative estimate of drug-likeness (QED) is 0.336. The smallest absolute Gasteiger partial charge is 0.224 e. The molecule has 36 heavy (non-hydrogen) atoms. The van der Waals surface area contributed by atoms with E-state index < -0.39 is 0 Å². The highest BCUT2D eigenvalue weighted by molar-refractivity contribution is 5.90. The molecule has 1 aliphatic heterocycles. The van der Waals surface area contributed by atoms with Gasteiger partial charge in [0.05, 0.1) is 11.9 Å². The highest BCUT2D eigenvalue weighted by Crippen LogP contribution is 2.25. The van der Waals surface area contributed by atoms with E-state index in [9.17, 15) is 9.59 Å². The van der Waals surface area contributed by atoms with E-state index in [4.69, 9.17) is 0 Å². The molecule has 1 aliphatic rings. The van der Waals surface area contributed by atoms with Gasteiger partial charge in [0.1, 0.15) is 5.82 Å². The minimum absolute atomic E-state index is 0.0250. The summed E-state index contributed by atoms with van der Waals surface area (Å²) in [5.41, 5.74) is 2.99. The molecule has 0 unspecified atom stereocenters. The molecule has 0 spiro atoms. The number of carbonyl (C=O) groups is 2. The zero-order valence-electron chi connectivity index (χ0n) is 20.2. The van der Waals surface area contributed by atoms with Crippen LogP contribution >= 0.6 is 0 Å². The number of hydrogen-bond donors (Lipinski definition) is 2. The van der Waals surface area contributed by atoms with Crippen LogP contribution in [0.1, 0.15) is 30.4 Å². The van der Waals surface area contributed by atoms with E-state index in [0.29, 0.717) is 24.6 Å². The minimum atomic E-state index is -0.0250. The van der Waals surface area contributed by atoms with Crippen molar-refractivity contribution in [3.05, 3.63) is 84.1 Å². The Bertz CT molecular complexity index is 1330. The predicted octanol–water partition coefficient (Wildman–Crippen LogP) is 3.70. The fourth-order valence-electron chi connectivity index (χ4n) is 4.59. The third kappa shape index (κ3) is 5.54. The number of rotatable bonds is 10. The van der Waals surface area contributed by atoms with Crippen molar-refractivity contribution in [1.82, 2.24) is 25.0 Å². The fourth-order valence-corrected chi connectivity index (χ4v) is 4.59. The lowest BCUT2D eigenvalue weighted by atomic mass is 10.1. The number of nitrogens with zero attached hydrogens (tertiary/aromatic N) is 4. The Kier molecular flexibility index (Phi) is 7.21. The van der Waals surface area contributed by atoms with Crippen LogP contribution in [-0.2, 0) is 22.6 Å². The monoisotopic (exact) mass is 482 g/mol. The molecular formula is C28H30N6O2. The number of aromatic nitrogens is 3. The van der Waals surface area contributed by atoms with E-state index in [0.717, 1.165) is 54.5 Å². The van der Waals surface area contributed by atoms with Crippen LogP contribution in [0.5, 0.6) is 0 Å². The maximum atomic E-state index is 12.7. The van der Waals surface area contributed by atoms with E-state index in [1.807, 2.05) is 82.4 Å². The summed E-state index contributed by atoms with van der Waals surface area (Å²) in [6, 6.07) is 21.7. The number of fused-ring (bicyclic) bond motifs is 1. The normalized spacial score (nSPS) is 13.3. The molecular weight excluding hydrogens is 452 g/mol. The van der Waals surface area contributed by atoms with Gasteiger partial charge in [-0.1, -0.05) is 48.5 Å². The first-order chi connectivity index (χ1) is 17.7. The number of nitrogens with one attached hydrogen (secondary N) is 2. The van der Waals surface area contributed by atoms with Crippen LogP contribution < -0.4 is 10.6 Å². The second kappa shape index (κ2) is 11.0. The average Bonchev–Trinajstić information content (AvgIpc) is 3.49. The van der Waals surface area contributed by atoms with E-state index in [2.05, 4.69) is 20.8 Å². The fraction of sp³-hybridized carbons (Fsp3) is 0.286. The van der Waals surface area contributed by atoms with Crippen molar-refractivity contribution in [2.24, 2.45) is 0 Å². The Morgan fingerprint density at radius 2 is 1.81 bits per heavy atom. The van der Waals surface area contributed by atoms with Crippen LogP contribution in [0.2, 0.25) is 0 Å². The summed E-state index contributed by atoms with van der Waals surface area (Å²) >= 11 is 0. The maximum absolute atomic E-state index is 12.7. The molecule has 4 aromatic rings. The molecule has 8 heteroatoms. The summed E-state index contributed by atoms with van der Waals surface area (Å²) in [5, 5.41) is 16.1. The van der Waals surface area contributed by atoms with Gasteiger partial charge in [-0.15, -0.1) is 10.2 Å². The molecule has 1 saturated heterocycles. The van der Waals surface area contributed by atoms with E-state index >= 15 is 0 Å². The second-order valence-corrected chi connectivity index (χ2v) is 9.02. The third-order valence-corrected chi connectivity index (χ3v) is 6.46. The van der Waals surface area contributed by atoms with Crippen molar-refractivity contribution < 1.29 is 9.59 Å². The van der Waals surface area contributed by atoms with Gasteiger partial charge in [-0.3, -0.25) is 14.2 Å². The number of benzene rings is 2. The lowest BCUT2D eigenvalue weighted by Crippen LogP contribution is -2.27. The topological polar surface area (TPSA) is 92.2 Å². The van der Waals surface area contributed by atoms with Crippen LogP contribution in [0.25, 0.3) is 16.7 Å². The Balaban J connectivity index is 1.22. The van der Waals surface area contributed by atoms with Crippen LogP contribution in [-0.4, -0.2) is 51.1 Å². The molecule has 2 aromatic heterocycles. The number of amides is 2. The predicted molar refractivity (Wildman–Crippen MR) is 140 cm³/mol. The van der Waals surface area contributed by atoms with E-state index in [-0.39, 0.29) is 18.2 Å². The number of carbonyl (C=O) groups excluding carboxylic acids is 2. The molecule has 3 heterocycles. The molecule has 184 valence electrons. The third-order valence-electron chi connectivity index (χ3n) is 6.46. The van der Waals surface area contributed by atoms with Crippen molar-refractivity contribution in [3.63, 3.8) is 0 Å². The van der Waals surface area contributed by atoms with Gasteiger partial charge < -0.3 is 15.5 Å². The van der Waals surface area contributed by atoms with Crippen molar-refractivity contribution >= 4 is 28.5 Å². The first-order valence-corrected chi connectivity index (χ1v) is 12.4. The van der Waals surface area contributed by atoms with Crippen molar-refractivity contribution in [2.75, 3.05) is 25.0 Å². The zero-order valence-corrected chi connectivity index (χ0v) is 20.2. The number of para-hydroxylation sites is 1. The molecule has 0 atom stereocenters. The molecule has 8 nitrogen and oxygen atoms in total. The van der Waals surface area contributed by atoms with Gasteiger partial charge in [-0.25, -0.2) is 0 Å². The first kappa shape index (κ1) is 23.5. The van der Waals surface area contributed by atoms with Gasteiger partial charge in [0.2, 0.25) is 11.8 Å². The molecule has 0 bridgehead atoms. The van der Waals surface area contributed by atoms with Gasteiger partial charge in [0.15, 0.2) is 5.82 Å². The van der Waals surface area contributed by atoms with E-state index in [1.54, 1.807) is 0 Å². The molecule has 5 rings (SSSR count). The Morgan fingerprint density at radius 1 is 0.972 bits per heavy atom. The Morgan fingerprint density at radius 3 is 2.58 bits per heavy atom.